The van der Waals surface area contributed by atoms with Crippen LogP contribution in [0.15, 0.2) is 42.5 Å². The predicted octanol–water partition coefficient (Wildman–Crippen LogP) is 4.37. The van der Waals surface area contributed by atoms with E-state index < -0.39 is 0 Å². The van der Waals surface area contributed by atoms with Crippen molar-refractivity contribution in [2.24, 2.45) is 11.8 Å². The number of hydrogen-bond acceptors (Lipinski definition) is 2. The van der Waals surface area contributed by atoms with Crippen LogP contribution in [0.1, 0.15) is 35.1 Å². The van der Waals surface area contributed by atoms with Crippen LogP contribution < -0.4 is 0 Å². The molecule has 0 radical (unpaired) electrons. The van der Waals surface area contributed by atoms with Gasteiger partial charge < -0.3 is 10.0 Å². The number of phenols is 1. The minimum absolute atomic E-state index is 0.413. The lowest BCUT2D eigenvalue weighted by Gasteiger charge is -2.33. The van der Waals surface area contributed by atoms with Crippen LogP contribution in [0.25, 0.3) is 0 Å². The first-order valence-electron chi connectivity index (χ1n) is 9.74. The summed E-state index contributed by atoms with van der Waals surface area (Å²) >= 11 is 0. The average Bonchev–Trinajstić information content (AvgIpc) is 3.00. The highest BCUT2D eigenvalue weighted by Gasteiger charge is 2.26. The molecule has 0 bridgehead atoms. The van der Waals surface area contributed by atoms with Crippen molar-refractivity contribution in [3.8, 4) is 5.75 Å². The Hall–Kier alpha value is -1.80. The number of rotatable bonds is 4. The Morgan fingerprint density at radius 2 is 1.64 bits per heavy atom. The number of nitrogens with zero attached hydrogens (tertiary/aromatic N) is 1. The van der Waals surface area contributed by atoms with Gasteiger partial charge in [-0.15, -0.1) is 0 Å². The van der Waals surface area contributed by atoms with E-state index in [1.807, 2.05) is 12.1 Å². The zero-order valence-corrected chi connectivity index (χ0v) is 15.2. The van der Waals surface area contributed by atoms with Gasteiger partial charge in [0.15, 0.2) is 0 Å². The van der Waals surface area contributed by atoms with Gasteiger partial charge in [0.1, 0.15) is 5.75 Å². The maximum atomic E-state index is 9.66. The fraction of sp³-hybridized carbons (Fsp3) is 0.478. The van der Waals surface area contributed by atoms with Crippen molar-refractivity contribution in [1.29, 1.82) is 0 Å². The lowest BCUT2D eigenvalue weighted by molar-refractivity contribution is 0.162. The fourth-order valence-corrected chi connectivity index (χ4v) is 4.62. The molecule has 2 aliphatic rings. The Morgan fingerprint density at radius 3 is 2.40 bits per heavy atom. The summed E-state index contributed by atoms with van der Waals surface area (Å²) in [6.45, 7) is 5.86. The first kappa shape index (κ1) is 16.7. The van der Waals surface area contributed by atoms with Gasteiger partial charge in [0.2, 0.25) is 0 Å². The molecule has 2 heteroatoms. The summed E-state index contributed by atoms with van der Waals surface area (Å²) in [5.74, 6) is 1.98. The van der Waals surface area contributed by atoms with Crippen LogP contribution in [0.3, 0.4) is 0 Å². The van der Waals surface area contributed by atoms with E-state index in [9.17, 15) is 5.11 Å². The Balaban J connectivity index is 1.25. The summed E-state index contributed by atoms with van der Waals surface area (Å²) in [5, 5.41) is 9.66. The van der Waals surface area contributed by atoms with Crippen molar-refractivity contribution < 1.29 is 5.11 Å². The van der Waals surface area contributed by atoms with E-state index in [4.69, 9.17) is 0 Å². The zero-order valence-electron chi connectivity index (χ0n) is 15.2. The first-order chi connectivity index (χ1) is 12.2. The molecule has 2 nitrogen and oxygen atoms in total. The normalized spacial score (nSPS) is 21.4. The molecule has 1 aliphatic heterocycles. The Kier molecular flexibility index (Phi) is 4.80. The summed E-state index contributed by atoms with van der Waals surface area (Å²) in [6.07, 6.45) is 6.21. The number of likely N-dealkylation sites (tertiary alicyclic amines) is 1. The summed E-state index contributed by atoms with van der Waals surface area (Å²) in [5.41, 5.74) is 5.65. The van der Waals surface area contributed by atoms with Crippen LogP contribution in [0.2, 0.25) is 0 Å². The van der Waals surface area contributed by atoms with Crippen molar-refractivity contribution in [3.05, 3.63) is 64.7 Å². The van der Waals surface area contributed by atoms with E-state index in [0.29, 0.717) is 5.75 Å². The molecule has 2 aromatic carbocycles. The Morgan fingerprint density at radius 1 is 0.920 bits per heavy atom. The zero-order chi connectivity index (χ0) is 17.2. The molecule has 25 heavy (non-hydrogen) atoms. The highest BCUT2D eigenvalue weighted by molar-refractivity contribution is 5.38. The van der Waals surface area contributed by atoms with E-state index in [-0.39, 0.29) is 0 Å². The Bertz CT molecular complexity index is 713. The molecule has 1 saturated heterocycles. The quantitative estimate of drug-likeness (QED) is 0.897. The third-order valence-corrected chi connectivity index (χ3v) is 6.08. The minimum Gasteiger partial charge on any atom is -0.508 e. The van der Waals surface area contributed by atoms with Crippen LogP contribution in [-0.2, 0) is 19.3 Å². The second-order valence-corrected chi connectivity index (χ2v) is 8.16. The van der Waals surface area contributed by atoms with Gasteiger partial charge in [-0.2, -0.15) is 0 Å². The van der Waals surface area contributed by atoms with Crippen molar-refractivity contribution in [3.63, 3.8) is 0 Å². The highest BCUT2D eigenvalue weighted by Crippen LogP contribution is 2.31. The predicted molar refractivity (Wildman–Crippen MR) is 103 cm³/mol. The molecule has 4 rings (SSSR count). The molecule has 1 unspecified atom stereocenters. The smallest absolute Gasteiger partial charge is 0.115 e. The minimum atomic E-state index is 0.413. The van der Waals surface area contributed by atoms with E-state index in [0.717, 1.165) is 18.3 Å². The third-order valence-electron chi connectivity index (χ3n) is 6.08. The first-order valence-corrected chi connectivity index (χ1v) is 9.74. The summed E-state index contributed by atoms with van der Waals surface area (Å²) < 4.78 is 0. The second-order valence-electron chi connectivity index (χ2n) is 8.16. The van der Waals surface area contributed by atoms with Gasteiger partial charge in [-0.3, -0.25) is 0 Å². The maximum absolute atomic E-state index is 9.66. The van der Waals surface area contributed by atoms with Crippen molar-refractivity contribution in [2.75, 3.05) is 19.6 Å². The van der Waals surface area contributed by atoms with Gasteiger partial charge in [0.05, 0.1) is 0 Å². The van der Waals surface area contributed by atoms with E-state index in [1.54, 1.807) is 0 Å². The average molecular weight is 335 g/mol. The molecular formula is C23H29NO. The highest BCUT2D eigenvalue weighted by atomic mass is 16.3. The summed E-state index contributed by atoms with van der Waals surface area (Å²) in [4.78, 5) is 2.67. The maximum Gasteiger partial charge on any atom is 0.115 e. The molecule has 0 amide bonds. The lowest BCUT2D eigenvalue weighted by atomic mass is 9.89. The largest absolute Gasteiger partial charge is 0.508 e. The number of hydrogen-bond donors (Lipinski definition) is 1. The summed E-state index contributed by atoms with van der Waals surface area (Å²) in [7, 11) is 0. The molecule has 1 heterocycles. The topological polar surface area (TPSA) is 23.5 Å². The number of aryl methyl sites for hydroxylation is 1. The lowest BCUT2D eigenvalue weighted by Crippen LogP contribution is -2.37. The molecule has 1 atom stereocenters. The number of piperidine rings is 1. The molecule has 0 spiro atoms. The third kappa shape index (κ3) is 4.07. The summed E-state index contributed by atoms with van der Waals surface area (Å²) in [6, 6.07) is 15.0. The van der Waals surface area contributed by atoms with Gasteiger partial charge >= 0.3 is 0 Å². The van der Waals surface area contributed by atoms with Crippen LogP contribution in [0.5, 0.6) is 5.75 Å². The molecule has 1 N–H and O–H groups in total. The van der Waals surface area contributed by atoms with E-state index in [2.05, 4.69) is 42.2 Å². The fourth-order valence-electron chi connectivity index (χ4n) is 4.62. The molecule has 2 aromatic rings. The van der Waals surface area contributed by atoms with Gasteiger partial charge in [-0.1, -0.05) is 35.9 Å². The Labute approximate surface area is 151 Å². The van der Waals surface area contributed by atoms with Crippen molar-refractivity contribution >= 4 is 0 Å². The molecule has 1 fully saturated rings. The molecular weight excluding hydrogens is 306 g/mol. The van der Waals surface area contributed by atoms with Gasteiger partial charge in [0, 0.05) is 6.54 Å². The van der Waals surface area contributed by atoms with Gasteiger partial charge in [-0.05, 0) is 92.8 Å². The second kappa shape index (κ2) is 7.21. The molecule has 132 valence electrons. The van der Waals surface area contributed by atoms with Crippen LogP contribution >= 0.6 is 0 Å². The monoisotopic (exact) mass is 335 g/mol. The number of benzene rings is 2. The van der Waals surface area contributed by atoms with Crippen LogP contribution in [0, 0.1) is 18.8 Å². The molecule has 1 aliphatic carbocycles. The van der Waals surface area contributed by atoms with Crippen molar-refractivity contribution in [1.82, 2.24) is 4.90 Å². The van der Waals surface area contributed by atoms with Crippen LogP contribution in [0.4, 0.5) is 0 Å². The number of phenolic OH excluding ortho intramolecular Hbond substituents is 1. The van der Waals surface area contributed by atoms with Crippen LogP contribution in [-0.4, -0.2) is 29.6 Å². The van der Waals surface area contributed by atoms with E-state index >= 15 is 0 Å². The SMILES string of the molecule is Cc1ccc(CC2CCN(CC3Cc4ccc(O)cc4C3)CC2)cc1. The number of aromatic hydroxyl groups is 1. The molecule has 0 aromatic heterocycles. The van der Waals surface area contributed by atoms with Gasteiger partial charge in [-0.25, -0.2) is 0 Å². The molecule has 0 saturated carbocycles. The van der Waals surface area contributed by atoms with Crippen molar-refractivity contribution in [2.45, 2.75) is 39.0 Å². The standard InChI is InChI=1S/C23H29NO/c1-17-2-4-18(5-3-17)12-19-8-10-24(11-9-19)16-20-13-21-6-7-23(25)15-22(21)14-20/h2-7,15,19-20,25H,8-14,16H2,1H3. The van der Waals surface area contributed by atoms with E-state index in [1.165, 1.54) is 67.6 Å². The van der Waals surface area contributed by atoms with Gasteiger partial charge in [0.25, 0.3) is 0 Å². The number of fused-ring (bicyclic) bond motifs is 1.